The number of amides is 2. The van der Waals surface area contributed by atoms with E-state index in [1.54, 1.807) is 47.4 Å². The summed E-state index contributed by atoms with van der Waals surface area (Å²) in [6, 6.07) is 11.8. The predicted octanol–water partition coefficient (Wildman–Crippen LogP) is 2.77. The summed E-state index contributed by atoms with van der Waals surface area (Å²) in [5.74, 6) is -0.239. The lowest BCUT2D eigenvalue weighted by atomic mass is 10.1. The quantitative estimate of drug-likeness (QED) is 0.690. The van der Waals surface area contributed by atoms with Gasteiger partial charge in [0, 0.05) is 31.8 Å². The molecule has 1 aliphatic heterocycles. The average molecular weight is 338 g/mol. The van der Waals surface area contributed by atoms with Crippen LogP contribution in [0.1, 0.15) is 29.8 Å². The van der Waals surface area contributed by atoms with Crippen molar-refractivity contribution in [1.29, 1.82) is 0 Å². The smallest absolute Gasteiger partial charge is 0.343 e. The molecular formula is C19H18N2O4. The van der Waals surface area contributed by atoms with Crippen molar-refractivity contribution >= 4 is 29.2 Å². The van der Waals surface area contributed by atoms with Crippen LogP contribution in [0.5, 0.6) is 5.75 Å². The van der Waals surface area contributed by atoms with Gasteiger partial charge in [0.25, 0.3) is 0 Å². The number of carbonyl (C=O) groups excluding carboxylic acids is 3. The number of hydrogen-bond acceptors (Lipinski definition) is 4. The molecule has 0 unspecified atom stereocenters. The molecule has 6 heteroatoms. The molecular weight excluding hydrogens is 320 g/mol. The van der Waals surface area contributed by atoms with Crippen molar-refractivity contribution in [3.8, 4) is 5.75 Å². The summed E-state index contributed by atoms with van der Waals surface area (Å²) >= 11 is 0. The molecule has 0 saturated heterocycles. The standard InChI is InChI=1S/C19H18N2O4/c1-12(22)20-16-4-6-17(7-5-16)25-19(24)15-3-8-18-14(11-15)9-10-21(18)13(2)23/h3-8,11H,9-10H2,1-2H3,(H,20,22). The molecule has 1 N–H and O–H groups in total. The third-order valence-corrected chi connectivity index (χ3v) is 3.98. The topological polar surface area (TPSA) is 75.7 Å². The molecule has 0 atom stereocenters. The Bertz CT molecular complexity index is 843. The Morgan fingerprint density at radius 3 is 2.40 bits per heavy atom. The fourth-order valence-electron chi connectivity index (χ4n) is 2.83. The molecule has 128 valence electrons. The minimum Gasteiger partial charge on any atom is -0.423 e. The molecule has 2 aromatic carbocycles. The van der Waals surface area contributed by atoms with E-state index in [1.165, 1.54) is 13.8 Å². The molecule has 0 fully saturated rings. The molecule has 25 heavy (non-hydrogen) atoms. The van der Waals surface area contributed by atoms with E-state index in [4.69, 9.17) is 4.74 Å². The van der Waals surface area contributed by atoms with Gasteiger partial charge in [-0.1, -0.05) is 0 Å². The van der Waals surface area contributed by atoms with Crippen LogP contribution < -0.4 is 15.0 Å². The van der Waals surface area contributed by atoms with Crippen LogP contribution in [0.25, 0.3) is 0 Å². The van der Waals surface area contributed by atoms with Gasteiger partial charge in [0.2, 0.25) is 11.8 Å². The van der Waals surface area contributed by atoms with Crippen molar-refractivity contribution in [3.63, 3.8) is 0 Å². The van der Waals surface area contributed by atoms with Crippen molar-refractivity contribution < 1.29 is 19.1 Å². The predicted molar refractivity (Wildman–Crippen MR) is 93.9 cm³/mol. The highest BCUT2D eigenvalue weighted by atomic mass is 16.5. The van der Waals surface area contributed by atoms with Crippen molar-refractivity contribution in [2.45, 2.75) is 20.3 Å². The normalized spacial score (nSPS) is 12.5. The number of benzene rings is 2. The Balaban J connectivity index is 1.72. The van der Waals surface area contributed by atoms with Gasteiger partial charge in [0.05, 0.1) is 5.56 Å². The summed E-state index contributed by atoms with van der Waals surface area (Å²) in [6.07, 6.45) is 0.724. The first-order chi connectivity index (χ1) is 11.9. The second-order valence-electron chi connectivity index (χ2n) is 5.86. The van der Waals surface area contributed by atoms with Crippen LogP contribution in [0.3, 0.4) is 0 Å². The van der Waals surface area contributed by atoms with Gasteiger partial charge in [-0.25, -0.2) is 4.79 Å². The van der Waals surface area contributed by atoms with E-state index in [0.29, 0.717) is 23.5 Å². The van der Waals surface area contributed by atoms with E-state index in [-0.39, 0.29) is 11.8 Å². The number of hydrogen-bond donors (Lipinski definition) is 1. The van der Waals surface area contributed by atoms with Gasteiger partial charge in [0.15, 0.2) is 0 Å². The SMILES string of the molecule is CC(=O)Nc1ccc(OC(=O)c2ccc3c(c2)CCN3C(C)=O)cc1. The summed E-state index contributed by atoms with van der Waals surface area (Å²) in [6.45, 7) is 3.59. The first-order valence-corrected chi connectivity index (χ1v) is 7.95. The van der Waals surface area contributed by atoms with Crippen LogP contribution in [0.2, 0.25) is 0 Å². The minimum atomic E-state index is -0.462. The third kappa shape index (κ3) is 3.68. The summed E-state index contributed by atoms with van der Waals surface area (Å²) < 4.78 is 5.36. The van der Waals surface area contributed by atoms with E-state index < -0.39 is 5.97 Å². The summed E-state index contributed by atoms with van der Waals surface area (Å²) in [5, 5.41) is 2.65. The summed E-state index contributed by atoms with van der Waals surface area (Å²) in [7, 11) is 0. The second-order valence-corrected chi connectivity index (χ2v) is 5.86. The zero-order chi connectivity index (χ0) is 18.0. The van der Waals surface area contributed by atoms with Gasteiger partial charge < -0.3 is 15.0 Å². The number of fused-ring (bicyclic) bond motifs is 1. The first kappa shape index (κ1) is 16.7. The molecule has 0 spiro atoms. The van der Waals surface area contributed by atoms with E-state index in [1.807, 2.05) is 0 Å². The van der Waals surface area contributed by atoms with E-state index in [2.05, 4.69) is 5.32 Å². The van der Waals surface area contributed by atoms with Crippen molar-refractivity contribution in [2.75, 3.05) is 16.8 Å². The lowest BCUT2D eigenvalue weighted by Gasteiger charge is -2.14. The van der Waals surface area contributed by atoms with Crippen LogP contribution in [-0.2, 0) is 16.0 Å². The first-order valence-electron chi connectivity index (χ1n) is 7.95. The third-order valence-electron chi connectivity index (χ3n) is 3.98. The molecule has 1 aliphatic rings. The van der Waals surface area contributed by atoms with Crippen molar-refractivity contribution in [2.24, 2.45) is 0 Å². The number of carbonyl (C=O) groups is 3. The van der Waals surface area contributed by atoms with Crippen LogP contribution in [-0.4, -0.2) is 24.3 Å². The second kappa shape index (κ2) is 6.76. The zero-order valence-electron chi connectivity index (χ0n) is 14.0. The van der Waals surface area contributed by atoms with E-state index in [9.17, 15) is 14.4 Å². The van der Waals surface area contributed by atoms with E-state index in [0.717, 1.165) is 17.7 Å². The fraction of sp³-hybridized carbons (Fsp3) is 0.211. The van der Waals surface area contributed by atoms with Gasteiger partial charge in [0.1, 0.15) is 5.75 Å². The monoisotopic (exact) mass is 338 g/mol. The van der Waals surface area contributed by atoms with Gasteiger partial charge in [-0.05, 0) is 54.4 Å². The number of ether oxygens (including phenoxy) is 1. The Morgan fingerprint density at radius 1 is 1.04 bits per heavy atom. The highest BCUT2D eigenvalue weighted by molar-refractivity contribution is 5.96. The number of rotatable bonds is 3. The van der Waals surface area contributed by atoms with Crippen LogP contribution >= 0.6 is 0 Å². The number of esters is 1. The lowest BCUT2D eigenvalue weighted by molar-refractivity contribution is -0.116. The van der Waals surface area contributed by atoms with Gasteiger partial charge in [-0.2, -0.15) is 0 Å². The van der Waals surface area contributed by atoms with Crippen LogP contribution in [0, 0.1) is 0 Å². The largest absolute Gasteiger partial charge is 0.423 e. The Labute approximate surface area is 145 Å². The molecule has 0 aliphatic carbocycles. The zero-order valence-corrected chi connectivity index (χ0v) is 14.0. The maximum atomic E-state index is 12.3. The minimum absolute atomic E-state index is 0.00617. The highest BCUT2D eigenvalue weighted by Gasteiger charge is 2.23. The molecule has 1 heterocycles. The van der Waals surface area contributed by atoms with Crippen molar-refractivity contribution in [1.82, 2.24) is 0 Å². The van der Waals surface area contributed by atoms with Crippen molar-refractivity contribution in [3.05, 3.63) is 53.6 Å². The molecule has 0 radical (unpaired) electrons. The maximum absolute atomic E-state index is 12.3. The van der Waals surface area contributed by atoms with Gasteiger partial charge >= 0.3 is 5.97 Å². The summed E-state index contributed by atoms with van der Waals surface area (Å²) in [5.41, 5.74) is 2.89. The molecule has 2 aromatic rings. The van der Waals surface area contributed by atoms with Gasteiger partial charge in [-0.15, -0.1) is 0 Å². The van der Waals surface area contributed by atoms with Crippen LogP contribution in [0.15, 0.2) is 42.5 Å². The molecule has 2 amide bonds. The fourth-order valence-corrected chi connectivity index (χ4v) is 2.83. The summed E-state index contributed by atoms with van der Waals surface area (Å²) in [4.78, 5) is 36.6. The maximum Gasteiger partial charge on any atom is 0.343 e. The Hall–Kier alpha value is -3.15. The molecule has 0 aromatic heterocycles. The number of anilines is 2. The average Bonchev–Trinajstić information content (AvgIpc) is 2.99. The lowest BCUT2D eigenvalue weighted by Crippen LogP contribution is -2.25. The Morgan fingerprint density at radius 2 is 1.76 bits per heavy atom. The molecule has 6 nitrogen and oxygen atoms in total. The number of nitrogens with zero attached hydrogens (tertiary/aromatic N) is 1. The molecule has 0 saturated carbocycles. The van der Waals surface area contributed by atoms with Crippen LogP contribution in [0.4, 0.5) is 11.4 Å². The number of nitrogens with one attached hydrogen (secondary N) is 1. The van der Waals surface area contributed by atoms with E-state index >= 15 is 0 Å². The molecule has 0 bridgehead atoms. The highest BCUT2D eigenvalue weighted by Crippen LogP contribution is 2.29. The molecule has 3 rings (SSSR count). The van der Waals surface area contributed by atoms with Gasteiger partial charge in [-0.3, -0.25) is 9.59 Å². The Kier molecular flexibility index (Phi) is 4.52.